The van der Waals surface area contributed by atoms with Gasteiger partial charge in [0.2, 0.25) is 0 Å². The first-order valence-corrected chi connectivity index (χ1v) is 8.57. The van der Waals surface area contributed by atoms with Crippen molar-refractivity contribution in [2.24, 2.45) is 5.92 Å². The van der Waals surface area contributed by atoms with Gasteiger partial charge >= 0.3 is 0 Å². The van der Waals surface area contributed by atoms with Crippen LogP contribution >= 0.6 is 11.6 Å². The van der Waals surface area contributed by atoms with Crippen LogP contribution in [0, 0.1) is 12.8 Å². The van der Waals surface area contributed by atoms with E-state index in [9.17, 15) is 4.79 Å². The largest absolute Gasteiger partial charge is 0.355 e. The fourth-order valence-electron chi connectivity index (χ4n) is 2.97. The van der Waals surface area contributed by atoms with Gasteiger partial charge in [0.15, 0.2) is 11.5 Å². The molecular formula is C18H21ClN4O. The Bertz CT molecular complexity index is 732. The molecule has 0 saturated carbocycles. The Morgan fingerprint density at radius 2 is 2.12 bits per heavy atom. The zero-order valence-electron chi connectivity index (χ0n) is 13.9. The second kappa shape index (κ2) is 7.18. The predicted molar refractivity (Wildman–Crippen MR) is 96.8 cm³/mol. The summed E-state index contributed by atoms with van der Waals surface area (Å²) < 4.78 is 0. The van der Waals surface area contributed by atoms with E-state index in [2.05, 4.69) is 27.3 Å². The van der Waals surface area contributed by atoms with Gasteiger partial charge in [-0.25, -0.2) is 0 Å². The minimum atomic E-state index is -0.272. The van der Waals surface area contributed by atoms with Crippen LogP contribution in [0.3, 0.4) is 0 Å². The molecule has 1 amide bonds. The average Bonchev–Trinajstić information content (AvgIpc) is 2.57. The highest BCUT2D eigenvalue weighted by Gasteiger charge is 2.18. The van der Waals surface area contributed by atoms with Crippen LogP contribution in [-0.4, -0.2) is 29.2 Å². The molecule has 1 aromatic carbocycles. The molecule has 6 heteroatoms. The van der Waals surface area contributed by atoms with Crippen molar-refractivity contribution in [3.05, 3.63) is 46.6 Å². The van der Waals surface area contributed by atoms with Crippen LogP contribution in [0.2, 0.25) is 5.02 Å². The third-order valence-corrected chi connectivity index (χ3v) is 4.54. The third kappa shape index (κ3) is 3.85. The zero-order chi connectivity index (χ0) is 17.1. The molecule has 0 aliphatic carbocycles. The molecule has 1 saturated heterocycles. The summed E-state index contributed by atoms with van der Waals surface area (Å²) in [6, 6.07) is 8.93. The number of rotatable bonds is 3. The van der Waals surface area contributed by atoms with Gasteiger partial charge in [-0.15, -0.1) is 10.2 Å². The van der Waals surface area contributed by atoms with Crippen molar-refractivity contribution >= 4 is 29.0 Å². The van der Waals surface area contributed by atoms with Crippen LogP contribution in [-0.2, 0) is 0 Å². The second-order valence-corrected chi connectivity index (χ2v) is 6.82. The van der Waals surface area contributed by atoms with E-state index in [4.69, 9.17) is 11.6 Å². The number of aryl methyl sites for hydroxylation is 1. The van der Waals surface area contributed by atoms with Crippen LogP contribution in [0.25, 0.3) is 0 Å². The van der Waals surface area contributed by atoms with Crippen LogP contribution < -0.4 is 10.2 Å². The van der Waals surface area contributed by atoms with Gasteiger partial charge in [0.25, 0.3) is 5.91 Å². The summed E-state index contributed by atoms with van der Waals surface area (Å²) in [5.41, 5.74) is 1.93. The third-order valence-electron chi connectivity index (χ3n) is 4.30. The molecule has 2 heterocycles. The molecule has 3 rings (SSSR count). The first-order chi connectivity index (χ1) is 11.5. The van der Waals surface area contributed by atoms with Gasteiger partial charge in [0, 0.05) is 23.8 Å². The minimum Gasteiger partial charge on any atom is -0.355 e. The SMILES string of the molecule is Cc1cc(Cl)ccc1NC(=O)c1ccc(N2CCCC(C)C2)nn1. The maximum atomic E-state index is 12.3. The number of halogens is 1. The van der Waals surface area contributed by atoms with Gasteiger partial charge in [0.05, 0.1) is 0 Å². The summed E-state index contributed by atoms with van der Waals surface area (Å²) in [6.07, 6.45) is 2.42. The number of anilines is 2. The molecule has 5 nitrogen and oxygen atoms in total. The molecule has 1 unspecified atom stereocenters. The first-order valence-electron chi connectivity index (χ1n) is 8.19. The molecule has 1 aliphatic heterocycles. The lowest BCUT2D eigenvalue weighted by Gasteiger charge is -2.31. The fourth-order valence-corrected chi connectivity index (χ4v) is 3.19. The summed E-state index contributed by atoms with van der Waals surface area (Å²) in [5.74, 6) is 1.23. The molecule has 0 spiro atoms. The van der Waals surface area contributed by atoms with E-state index in [1.807, 2.05) is 19.1 Å². The van der Waals surface area contributed by atoms with Crippen molar-refractivity contribution in [1.29, 1.82) is 0 Å². The highest BCUT2D eigenvalue weighted by Crippen LogP contribution is 2.22. The van der Waals surface area contributed by atoms with E-state index in [0.717, 1.165) is 30.2 Å². The number of amides is 1. The van der Waals surface area contributed by atoms with Crippen LogP contribution in [0.1, 0.15) is 35.8 Å². The number of nitrogens with zero attached hydrogens (tertiary/aromatic N) is 3. The monoisotopic (exact) mass is 344 g/mol. The lowest BCUT2D eigenvalue weighted by molar-refractivity contribution is 0.102. The number of carbonyl (C=O) groups excluding carboxylic acids is 1. The minimum absolute atomic E-state index is 0.272. The number of nitrogens with one attached hydrogen (secondary N) is 1. The van der Waals surface area contributed by atoms with Crippen LogP contribution in [0.5, 0.6) is 0 Å². The van der Waals surface area contributed by atoms with E-state index in [-0.39, 0.29) is 5.91 Å². The molecule has 1 fully saturated rings. The molecule has 1 aliphatic rings. The molecule has 2 aromatic rings. The van der Waals surface area contributed by atoms with Crippen LogP contribution in [0.15, 0.2) is 30.3 Å². The zero-order valence-corrected chi connectivity index (χ0v) is 14.7. The Morgan fingerprint density at radius 1 is 1.29 bits per heavy atom. The fraction of sp³-hybridized carbons (Fsp3) is 0.389. The van der Waals surface area contributed by atoms with E-state index < -0.39 is 0 Å². The first kappa shape index (κ1) is 16.7. The molecular weight excluding hydrogens is 324 g/mol. The molecule has 24 heavy (non-hydrogen) atoms. The maximum Gasteiger partial charge on any atom is 0.276 e. The van der Waals surface area contributed by atoms with E-state index in [1.165, 1.54) is 12.8 Å². The summed E-state index contributed by atoms with van der Waals surface area (Å²) in [6.45, 7) is 6.13. The van der Waals surface area contributed by atoms with Gasteiger partial charge in [-0.1, -0.05) is 18.5 Å². The molecule has 1 N–H and O–H groups in total. The van der Waals surface area contributed by atoms with E-state index in [1.54, 1.807) is 18.2 Å². The summed E-state index contributed by atoms with van der Waals surface area (Å²) in [4.78, 5) is 14.6. The summed E-state index contributed by atoms with van der Waals surface area (Å²) >= 11 is 5.93. The lowest BCUT2D eigenvalue weighted by atomic mass is 10.0. The maximum absolute atomic E-state index is 12.3. The van der Waals surface area contributed by atoms with Gasteiger partial charge in [0.1, 0.15) is 0 Å². The number of hydrogen-bond acceptors (Lipinski definition) is 4. The number of aromatic nitrogens is 2. The quantitative estimate of drug-likeness (QED) is 0.916. The number of benzene rings is 1. The Kier molecular flexibility index (Phi) is 5.00. The molecule has 0 radical (unpaired) electrons. The molecule has 126 valence electrons. The van der Waals surface area contributed by atoms with Gasteiger partial charge in [-0.2, -0.15) is 0 Å². The van der Waals surface area contributed by atoms with Crippen molar-refractivity contribution < 1.29 is 4.79 Å². The van der Waals surface area contributed by atoms with Crippen LogP contribution in [0.4, 0.5) is 11.5 Å². The molecule has 0 bridgehead atoms. The highest BCUT2D eigenvalue weighted by molar-refractivity contribution is 6.30. The van der Waals surface area contributed by atoms with Crippen molar-refractivity contribution in [1.82, 2.24) is 10.2 Å². The van der Waals surface area contributed by atoms with Crippen molar-refractivity contribution in [2.75, 3.05) is 23.3 Å². The number of piperidine rings is 1. The topological polar surface area (TPSA) is 58.1 Å². The Hall–Kier alpha value is -2.14. The smallest absolute Gasteiger partial charge is 0.276 e. The Morgan fingerprint density at radius 3 is 2.79 bits per heavy atom. The Balaban J connectivity index is 1.69. The lowest BCUT2D eigenvalue weighted by Crippen LogP contribution is -2.35. The standard InChI is InChI=1S/C18H21ClN4O/c1-12-4-3-9-23(11-12)17-8-7-16(21-22-17)18(24)20-15-6-5-14(19)10-13(15)2/h5-8,10,12H,3-4,9,11H2,1-2H3,(H,20,24). The number of carbonyl (C=O) groups is 1. The van der Waals surface area contributed by atoms with E-state index >= 15 is 0 Å². The van der Waals surface area contributed by atoms with Crippen molar-refractivity contribution in [2.45, 2.75) is 26.7 Å². The van der Waals surface area contributed by atoms with Gasteiger partial charge < -0.3 is 10.2 Å². The second-order valence-electron chi connectivity index (χ2n) is 6.38. The average molecular weight is 345 g/mol. The molecule has 1 atom stereocenters. The number of hydrogen-bond donors (Lipinski definition) is 1. The van der Waals surface area contributed by atoms with Crippen molar-refractivity contribution in [3.63, 3.8) is 0 Å². The summed E-state index contributed by atoms with van der Waals surface area (Å²) in [5, 5.41) is 11.8. The van der Waals surface area contributed by atoms with E-state index in [0.29, 0.717) is 16.6 Å². The highest BCUT2D eigenvalue weighted by atomic mass is 35.5. The normalized spacial score (nSPS) is 17.6. The van der Waals surface area contributed by atoms with Gasteiger partial charge in [-0.3, -0.25) is 4.79 Å². The summed E-state index contributed by atoms with van der Waals surface area (Å²) in [7, 11) is 0. The van der Waals surface area contributed by atoms with Crippen molar-refractivity contribution in [3.8, 4) is 0 Å². The van der Waals surface area contributed by atoms with Gasteiger partial charge in [-0.05, 0) is 61.6 Å². The predicted octanol–water partition coefficient (Wildman–Crippen LogP) is 3.93. The Labute approximate surface area is 147 Å². The molecule has 1 aromatic heterocycles.